The third-order valence-corrected chi connectivity index (χ3v) is 4.87. The summed E-state index contributed by atoms with van der Waals surface area (Å²) in [5.41, 5.74) is 5.16. The van der Waals surface area contributed by atoms with Gasteiger partial charge in [-0.25, -0.2) is 18.2 Å². The van der Waals surface area contributed by atoms with Gasteiger partial charge in [0, 0.05) is 25.2 Å². The highest BCUT2D eigenvalue weighted by Gasteiger charge is 2.20. The van der Waals surface area contributed by atoms with Crippen LogP contribution < -0.4 is 11.1 Å². The van der Waals surface area contributed by atoms with E-state index in [9.17, 15) is 13.2 Å². The van der Waals surface area contributed by atoms with E-state index in [1.54, 1.807) is 0 Å². The molecule has 3 rings (SSSR count). The summed E-state index contributed by atoms with van der Waals surface area (Å²) in [6.07, 6.45) is 0. The molecule has 2 aromatic rings. The van der Waals surface area contributed by atoms with Crippen molar-refractivity contribution < 1.29 is 27.8 Å². The van der Waals surface area contributed by atoms with Crippen molar-refractivity contribution in [2.24, 2.45) is 10.7 Å². The summed E-state index contributed by atoms with van der Waals surface area (Å²) in [7, 11) is 0. The van der Waals surface area contributed by atoms with E-state index in [4.69, 9.17) is 25.7 Å². The van der Waals surface area contributed by atoms with Crippen LogP contribution in [-0.2, 0) is 9.47 Å². The molecule has 34 heavy (non-hydrogen) atoms. The second-order valence-electron chi connectivity index (χ2n) is 7.17. The van der Waals surface area contributed by atoms with Crippen LogP contribution in [0.4, 0.5) is 24.5 Å². The molecular formula is C23H24F3N5O3. The van der Waals surface area contributed by atoms with Gasteiger partial charge in [0.1, 0.15) is 12.4 Å². The fourth-order valence-corrected chi connectivity index (χ4v) is 3.15. The molecule has 0 aliphatic carbocycles. The number of ether oxygens (including phenoxy) is 2. The molecule has 2 aromatic carbocycles. The monoisotopic (exact) mass is 475 g/mol. The number of hydrogen-bond acceptors (Lipinski definition) is 7. The lowest BCUT2D eigenvalue weighted by molar-refractivity contribution is 0.0394. The topological polar surface area (TPSA) is 116 Å². The van der Waals surface area contributed by atoms with Gasteiger partial charge in [0.15, 0.2) is 11.6 Å². The predicted molar refractivity (Wildman–Crippen MR) is 122 cm³/mol. The molecule has 1 fully saturated rings. The quantitative estimate of drug-likeness (QED) is 0.289. The molecule has 0 radical (unpaired) electrons. The Balaban J connectivity index is 1.74. The molecule has 0 saturated carbocycles. The standard InChI is InChI=1S/C23H24F3N5O3/c24-17-5-4-16(22(27)34-23(28)29-7-8-31-9-12-33-13-10-31)21(20(17)26)30-19-6-3-15(2-1-11-32)14-18(19)25/h3-6,14,27,30,32H,7-13H2,(H2,28,29). The fourth-order valence-electron chi connectivity index (χ4n) is 3.15. The van der Waals surface area contributed by atoms with Crippen molar-refractivity contribution >= 4 is 23.3 Å². The lowest BCUT2D eigenvalue weighted by Crippen LogP contribution is -2.38. The lowest BCUT2D eigenvalue weighted by atomic mass is 10.1. The van der Waals surface area contributed by atoms with Gasteiger partial charge >= 0.3 is 0 Å². The number of nitrogens with one attached hydrogen (secondary N) is 2. The summed E-state index contributed by atoms with van der Waals surface area (Å²) in [4.78, 5) is 6.19. The molecule has 1 heterocycles. The highest BCUT2D eigenvalue weighted by Crippen LogP contribution is 2.28. The first-order chi connectivity index (χ1) is 16.4. The smallest absolute Gasteiger partial charge is 0.288 e. The molecule has 180 valence electrons. The summed E-state index contributed by atoms with van der Waals surface area (Å²) < 4.78 is 53.5. The van der Waals surface area contributed by atoms with E-state index in [0.29, 0.717) is 26.3 Å². The second-order valence-corrected chi connectivity index (χ2v) is 7.17. The summed E-state index contributed by atoms with van der Waals surface area (Å²) in [6, 6.07) is 5.41. The summed E-state index contributed by atoms with van der Waals surface area (Å²) in [5.74, 6) is 1.02. The number of aliphatic hydroxyl groups excluding tert-OH is 1. The van der Waals surface area contributed by atoms with Gasteiger partial charge in [0.05, 0.1) is 36.7 Å². The molecule has 5 N–H and O–H groups in total. The van der Waals surface area contributed by atoms with Crippen LogP contribution in [0, 0.1) is 34.7 Å². The minimum Gasteiger partial charge on any atom is -0.407 e. The maximum Gasteiger partial charge on any atom is 0.288 e. The average Bonchev–Trinajstić information content (AvgIpc) is 2.82. The Morgan fingerprint density at radius 1 is 1.21 bits per heavy atom. The minimum absolute atomic E-state index is 0.180. The molecular weight excluding hydrogens is 451 g/mol. The summed E-state index contributed by atoms with van der Waals surface area (Å²) in [6.45, 7) is 3.40. The van der Waals surface area contributed by atoms with Gasteiger partial charge in [-0.15, -0.1) is 0 Å². The first-order valence-corrected chi connectivity index (χ1v) is 10.4. The predicted octanol–water partition coefficient (Wildman–Crippen LogP) is 2.18. The van der Waals surface area contributed by atoms with E-state index in [-0.39, 0.29) is 29.4 Å². The third-order valence-electron chi connectivity index (χ3n) is 4.87. The van der Waals surface area contributed by atoms with E-state index >= 15 is 0 Å². The van der Waals surface area contributed by atoms with Crippen molar-refractivity contribution in [2.45, 2.75) is 0 Å². The zero-order valence-electron chi connectivity index (χ0n) is 18.2. The van der Waals surface area contributed by atoms with Crippen molar-refractivity contribution in [2.75, 3.05) is 51.3 Å². The molecule has 1 aliphatic rings. The molecule has 0 amide bonds. The number of morpholine rings is 1. The normalized spacial score (nSPS) is 14.3. The van der Waals surface area contributed by atoms with Crippen LogP contribution in [0.15, 0.2) is 35.3 Å². The number of hydrogen-bond donors (Lipinski definition) is 4. The molecule has 8 nitrogen and oxygen atoms in total. The van der Waals surface area contributed by atoms with Crippen LogP contribution in [0.25, 0.3) is 0 Å². The van der Waals surface area contributed by atoms with Gasteiger partial charge in [0.25, 0.3) is 6.02 Å². The Bertz CT molecular complexity index is 1120. The van der Waals surface area contributed by atoms with Crippen LogP contribution in [-0.4, -0.2) is 67.9 Å². The van der Waals surface area contributed by atoms with E-state index in [1.807, 2.05) is 0 Å². The Labute approximate surface area is 194 Å². The van der Waals surface area contributed by atoms with Gasteiger partial charge in [0.2, 0.25) is 5.90 Å². The lowest BCUT2D eigenvalue weighted by Gasteiger charge is -2.25. The third kappa shape index (κ3) is 6.71. The van der Waals surface area contributed by atoms with Crippen molar-refractivity contribution in [1.82, 2.24) is 4.90 Å². The number of aliphatic imine (C=N–C) groups is 1. The summed E-state index contributed by atoms with van der Waals surface area (Å²) >= 11 is 0. The maximum atomic E-state index is 14.6. The number of rotatable bonds is 6. The van der Waals surface area contributed by atoms with E-state index in [2.05, 4.69) is 27.0 Å². The SMILES string of the molecule is N=C(OC(N)=NCCN1CCOCC1)c1ccc(F)c(F)c1Nc1ccc(C#CCO)cc1F. The zero-order chi connectivity index (χ0) is 24.5. The van der Waals surface area contributed by atoms with Gasteiger partial charge < -0.3 is 25.6 Å². The van der Waals surface area contributed by atoms with E-state index < -0.39 is 29.0 Å². The van der Waals surface area contributed by atoms with Crippen LogP contribution in [0.2, 0.25) is 0 Å². The van der Waals surface area contributed by atoms with Crippen LogP contribution in [0.5, 0.6) is 0 Å². The number of halogens is 3. The van der Waals surface area contributed by atoms with Gasteiger partial charge in [-0.3, -0.25) is 10.3 Å². The number of anilines is 2. The highest BCUT2D eigenvalue weighted by molar-refractivity contribution is 6.03. The Morgan fingerprint density at radius 3 is 2.68 bits per heavy atom. The van der Waals surface area contributed by atoms with Crippen molar-refractivity contribution in [3.05, 3.63) is 58.9 Å². The first kappa shape index (κ1) is 25.0. The van der Waals surface area contributed by atoms with Gasteiger partial charge in [-0.05, 0) is 30.3 Å². The minimum atomic E-state index is -1.32. The largest absolute Gasteiger partial charge is 0.407 e. The molecule has 1 aliphatic heterocycles. The molecule has 0 atom stereocenters. The Kier molecular flexibility index (Phi) is 8.86. The molecule has 0 bridgehead atoms. The second kappa shape index (κ2) is 12.0. The average molecular weight is 475 g/mol. The van der Waals surface area contributed by atoms with Crippen LogP contribution in [0.3, 0.4) is 0 Å². The molecule has 0 aromatic heterocycles. The first-order valence-electron chi connectivity index (χ1n) is 10.4. The Hall–Kier alpha value is -3.59. The van der Waals surface area contributed by atoms with E-state index in [0.717, 1.165) is 31.3 Å². The van der Waals surface area contributed by atoms with Crippen LogP contribution in [0.1, 0.15) is 11.1 Å². The number of aliphatic hydroxyl groups is 1. The van der Waals surface area contributed by atoms with Crippen molar-refractivity contribution in [3.8, 4) is 11.8 Å². The van der Waals surface area contributed by atoms with Crippen molar-refractivity contribution in [1.29, 1.82) is 5.41 Å². The maximum absolute atomic E-state index is 14.6. The van der Waals surface area contributed by atoms with E-state index in [1.165, 1.54) is 12.1 Å². The number of amidine groups is 1. The van der Waals surface area contributed by atoms with Crippen molar-refractivity contribution in [3.63, 3.8) is 0 Å². The Morgan fingerprint density at radius 2 is 1.97 bits per heavy atom. The summed E-state index contributed by atoms with van der Waals surface area (Å²) in [5, 5.41) is 19.4. The zero-order valence-corrected chi connectivity index (χ0v) is 18.2. The highest BCUT2D eigenvalue weighted by atomic mass is 19.2. The number of nitrogens with zero attached hydrogens (tertiary/aromatic N) is 2. The molecule has 1 saturated heterocycles. The number of nitrogens with two attached hydrogens (primary N) is 1. The molecule has 11 heteroatoms. The fraction of sp³-hybridized carbons (Fsp3) is 0.304. The number of benzene rings is 2. The molecule has 0 unspecified atom stereocenters. The van der Waals surface area contributed by atoms with Gasteiger partial charge in [-0.1, -0.05) is 11.8 Å². The van der Waals surface area contributed by atoms with Crippen LogP contribution >= 0.6 is 0 Å². The molecule has 0 spiro atoms. The van der Waals surface area contributed by atoms with Gasteiger partial charge in [-0.2, -0.15) is 0 Å².